The Morgan fingerprint density at radius 2 is 2.29 bits per heavy atom. The molecule has 0 bridgehead atoms. The van der Waals surface area contributed by atoms with Crippen LogP contribution in [-0.4, -0.2) is 34.6 Å². The van der Waals surface area contributed by atoms with Crippen LogP contribution in [0.4, 0.5) is 5.82 Å². The molecular weight excluding hydrogens is 222 g/mol. The van der Waals surface area contributed by atoms with Crippen molar-refractivity contribution in [3.8, 4) is 0 Å². The van der Waals surface area contributed by atoms with E-state index in [0.717, 1.165) is 6.42 Å². The van der Waals surface area contributed by atoms with Crippen LogP contribution in [0.3, 0.4) is 0 Å². The Morgan fingerprint density at radius 3 is 2.82 bits per heavy atom. The fourth-order valence-corrected chi connectivity index (χ4v) is 1.19. The lowest BCUT2D eigenvalue weighted by Gasteiger charge is -2.12. The van der Waals surface area contributed by atoms with E-state index in [1.54, 1.807) is 6.92 Å². The number of nitrogen functional groups attached to an aromatic ring is 1. The van der Waals surface area contributed by atoms with Gasteiger partial charge in [0.1, 0.15) is 17.6 Å². The molecule has 1 heterocycles. The van der Waals surface area contributed by atoms with E-state index in [4.69, 9.17) is 5.73 Å². The number of nitrogens with two attached hydrogens (primary N) is 1. The molecule has 0 fully saturated rings. The SMILES string of the molecule is CCCNC(=O)C(C)NC(=O)c1cc(N)n[nH]1. The number of hydrogen-bond donors (Lipinski definition) is 4. The third-order valence-corrected chi connectivity index (χ3v) is 2.13. The smallest absolute Gasteiger partial charge is 0.270 e. The molecule has 1 unspecified atom stereocenters. The summed E-state index contributed by atoms with van der Waals surface area (Å²) in [4.78, 5) is 23.1. The summed E-state index contributed by atoms with van der Waals surface area (Å²) in [6.45, 7) is 4.16. The molecule has 0 saturated carbocycles. The molecule has 1 atom stereocenters. The van der Waals surface area contributed by atoms with Gasteiger partial charge < -0.3 is 16.4 Å². The number of carbonyl (C=O) groups is 2. The Balaban J connectivity index is 2.48. The molecular formula is C10H17N5O2. The Bertz CT molecular complexity index is 401. The van der Waals surface area contributed by atoms with Gasteiger partial charge in [-0.2, -0.15) is 5.10 Å². The number of rotatable bonds is 5. The normalized spacial score (nSPS) is 11.9. The van der Waals surface area contributed by atoms with Gasteiger partial charge in [-0.15, -0.1) is 0 Å². The van der Waals surface area contributed by atoms with Gasteiger partial charge in [0.2, 0.25) is 5.91 Å². The van der Waals surface area contributed by atoms with Gasteiger partial charge in [0.25, 0.3) is 5.91 Å². The van der Waals surface area contributed by atoms with Crippen molar-refractivity contribution < 1.29 is 9.59 Å². The van der Waals surface area contributed by atoms with Crippen molar-refractivity contribution >= 4 is 17.6 Å². The van der Waals surface area contributed by atoms with E-state index in [9.17, 15) is 9.59 Å². The fraction of sp³-hybridized carbons (Fsp3) is 0.500. The number of aromatic amines is 1. The van der Waals surface area contributed by atoms with Crippen molar-refractivity contribution in [2.75, 3.05) is 12.3 Å². The predicted molar refractivity (Wildman–Crippen MR) is 63.2 cm³/mol. The number of anilines is 1. The third-order valence-electron chi connectivity index (χ3n) is 2.13. The number of amides is 2. The highest BCUT2D eigenvalue weighted by Gasteiger charge is 2.17. The van der Waals surface area contributed by atoms with E-state index in [-0.39, 0.29) is 17.4 Å². The second-order valence-electron chi connectivity index (χ2n) is 3.69. The molecule has 7 nitrogen and oxygen atoms in total. The zero-order valence-electron chi connectivity index (χ0n) is 9.91. The van der Waals surface area contributed by atoms with Crippen molar-refractivity contribution in [2.24, 2.45) is 0 Å². The largest absolute Gasteiger partial charge is 0.382 e. The van der Waals surface area contributed by atoms with Crippen LogP contribution in [0, 0.1) is 0 Å². The van der Waals surface area contributed by atoms with Crippen LogP contribution in [0.1, 0.15) is 30.8 Å². The molecule has 7 heteroatoms. The van der Waals surface area contributed by atoms with Crippen molar-refractivity contribution in [2.45, 2.75) is 26.3 Å². The zero-order valence-corrected chi connectivity index (χ0v) is 9.91. The lowest BCUT2D eigenvalue weighted by molar-refractivity contribution is -0.122. The first-order chi connectivity index (χ1) is 8.04. The van der Waals surface area contributed by atoms with Gasteiger partial charge in [0.05, 0.1) is 0 Å². The zero-order chi connectivity index (χ0) is 12.8. The number of H-pyrrole nitrogens is 1. The molecule has 0 aromatic carbocycles. The minimum Gasteiger partial charge on any atom is -0.382 e. The Hall–Kier alpha value is -2.05. The van der Waals surface area contributed by atoms with Gasteiger partial charge in [-0.3, -0.25) is 14.7 Å². The second-order valence-corrected chi connectivity index (χ2v) is 3.69. The highest BCUT2D eigenvalue weighted by Crippen LogP contribution is 2.00. The van der Waals surface area contributed by atoms with E-state index >= 15 is 0 Å². The summed E-state index contributed by atoms with van der Waals surface area (Å²) in [5.74, 6) is -0.390. The van der Waals surface area contributed by atoms with E-state index in [1.165, 1.54) is 6.07 Å². The standard InChI is InChI=1S/C10H17N5O2/c1-3-4-12-9(16)6(2)13-10(17)7-5-8(11)15-14-7/h5-6H,3-4H2,1-2H3,(H,12,16)(H,13,17)(H3,11,14,15). The predicted octanol–water partition coefficient (Wildman–Crippen LogP) is -0.364. The molecule has 0 radical (unpaired) electrons. The summed E-state index contributed by atoms with van der Waals surface area (Å²) >= 11 is 0. The van der Waals surface area contributed by atoms with Gasteiger partial charge >= 0.3 is 0 Å². The van der Waals surface area contributed by atoms with Gasteiger partial charge in [-0.25, -0.2) is 0 Å². The van der Waals surface area contributed by atoms with Crippen LogP contribution >= 0.6 is 0 Å². The van der Waals surface area contributed by atoms with Crippen LogP contribution in [0.25, 0.3) is 0 Å². The Kier molecular flexibility index (Phi) is 4.50. The van der Waals surface area contributed by atoms with Crippen LogP contribution < -0.4 is 16.4 Å². The minimum atomic E-state index is -0.599. The first kappa shape index (κ1) is 13.0. The topological polar surface area (TPSA) is 113 Å². The molecule has 94 valence electrons. The maximum Gasteiger partial charge on any atom is 0.270 e. The maximum absolute atomic E-state index is 11.6. The van der Waals surface area contributed by atoms with Crippen molar-refractivity contribution in [3.05, 3.63) is 11.8 Å². The van der Waals surface area contributed by atoms with Gasteiger partial charge in [-0.05, 0) is 13.3 Å². The molecule has 1 rings (SSSR count). The molecule has 0 aliphatic rings. The molecule has 17 heavy (non-hydrogen) atoms. The van der Waals surface area contributed by atoms with Crippen molar-refractivity contribution in [1.82, 2.24) is 20.8 Å². The Morgan fingerprint density at radius 1 is 1.59 bits per heavy atom. The molecule has 1 aromatic rings. The highest BCUT2D eigenvalue weighted by atomic mass is 16.2. The monoisotopic (exact) mass is 239 g/mol. The number of hydrogen-bond acceptors (Lipinski definition) is 4. The lowest BCUT2D eigenvalue weighted by atomic mass is 10.3. The van der Waals surface area contributed by atoms with Crippen LogP contribution in [-0.2, 0) is 4.79 Å². The van der Waals surface area contributed by atoms with E-state index in [2.05, 4.69) is 20.8 Å². The summed E-state index contributed by atoms with van der Waals surface area (Å²) in [5.41, 5.74) is 5.61. The van der Waals surface area contributed by atoms with Crippen LogP contribution in [0.15, 0.2) is 6.07 Å². The van der Waals surface area contributed by atoms with Gasteiger partial charge in [0.15, 0.2) is 0 Å². The first-order valence-electron chi connectivity index (χ1n) is 5.44. The fourth-order valence-electron chi connectivity index (χ4n) is 1.19. The molecule has 0 saturated heterocycles. The summed E-state index contributed by atoms with van der Waals surface area (Å²) in [5, 5.41) is 11.3. The molecule has 0 aliphatic heterocycles. The van der Waals surface area contributed by atoms with Crippen LogP contribution in [0.5, 0.6) is 0 Å². The quantitative estimate of drug-likeness (QED) is 0.561. The highest BCUT2D eigenvalue weighted by molar-refractivity contribution is 5.96. The molecule has 0 aliphatic carbocycles. The average molecular weight is 239 g/mol. The summed E-state index contributed by atoms with van der Waals surface area (Å²) in [6.07, 6.45) is 0.851. The van der Waals surface area contributed by atoms with Gasteiger partial charge in [-0.1, -0.05) is 6.92 Å². The molecule has 5 N–H and O–H groups in total. The lowest BCUT2D eigenvalue weighted by Crippen LogP contribution is -2.45. The number of carbonyl (C=O) groups excluding carboxylic acids is 2. The Labute approximate surface area is 99.1 Å². The maximum atomic E-state index is 11.6. The average Bonchev–Trinajstić information content (AvgIpc) is 2.72. The third kappa shape index (κ3) is 3.78. The molecule has 0 spiro atoms. The first-order valence-corrected chi connectivity index (χ1v) is 5.44. The number of aromatic nitrogens is 2. The summed E-state index contributed by atoms with van der Waals surface area (Å²) in [6, 6.07) is 0.810. The van der Waals surface area contributed by atoms with Crippen molar-refractivity contribution in [3.63, 3.8) is 0 Å². The summed E-state index contributed by atoms with van der Waals surface area (Å²) < 4.78 is 0. The summed E-state index contributed by atoms with van der Waals surface area (Å²) in [7, 11) is 0. The van der Waals surface area contributed by atoms with Gasteiger partial charge in [0, 0.05) is 12.6 Å². The van der Waals surface area contributed by atoms with Crippen molar-refractivity contribution in [1.29, 1.82) is 0 Å². The van der Waals surface area contributed by atoms with E-state index in [1.807, 2.05) is 6.92 Å². The molecule has 2 amide bonds. The van der Waals surface area contributed by atoms with E-state index in [0.29, 0.717) is 6.54 Å². The number of nitrogens with one attached hydrogen (secondary N) is 3. The minimum absolute atomic E-state index is 0.215. The number of nitrogens with zero attached hydrogens (tertiary/aromatic N) is 1. The van der Waals surface area contributed by atoms with E-state index < -0.39 is 11.9 Å². The van der Waals surface area contributed by atoms with Crippen LogP contribution in [0.2, 0.25) is 0 Å². The molecule has 1 aromatic heterocycles. The second kappa shape index (κ2) is 5.88.